The number of anilines is 1. The monoisotopic (exact) mass is 245 g/mol. The molecule has 17 heavy (non-hydrogen) atoms. The molecule has 2 aromatic carbocycles. The summed E-state index contributed by atoms with van der Waals surface area (Å²) >= 11 is 5.73. The molecule has 2 rings (SSSR count). The molecule has 0 N–H and O–H groups in total. The van der Waals surface area contributed by atoms with E-state index in [-0.39, 0.29) is 0 Å². The topological polar surface area (TPSA) is 3.24 Å². The van der Waals surface area contributed by atoms with Gasteiger partial charge in [0.15, 0.2) is 0 Å². The van der Waals surface area contributed by atoms with Crippen LogP contribution >= 0.6 is 11.6 Å². The molecule has 88 valence electrons. The normalized spacial score (nSPS) is 10.2. The Morgan fingerprint density at radius 3 is 2.06 bits per heavy atom. The van der Waals surface area contributed by atoms with E-state index < -0.39 is 0 Å². The highest BCUT2D eigenvalue weighted by molar-refractivity contribution is 6.18. The molecule has 0 aliphatic rings. The van der Waals surface area contributed by atoms with Crippen LogP contribution in [0.4, 0.5) is 5.69 Å². The molecule has 0 bridgehead atoms. The Morgan fingerprint density at radius 1 is 0.882 bits per heavy atom. The summed E-state index contributed by atoms with van der Waals surface area (Å²) in [5, 5.41) is 0. The van der Waals surface area contributed by atoms with Gasteiger partial charge in [-0.1, -0.05) is 42.5 Å². The maximum absolute atomic E-state index is 5.73. The van der Waals surface area contributed by atoms with Crippen molar-refractivity contribution in [2.75, 3.05) is 24.4 Å². The summed E-state index contributed by atoms with van der Waals surface area (Å²) in [5.74, 6) is 0.650. The Kier molecular flexibility index (Phi) is 4.05. The first kappa shape index (κ1) is 12.0. The fourth-order valence-corrected chi connectivity index (χ4v) is 2.05. The van der Waals surface area contributed by atoms with Crippen LogP contribution in [-0.4, -0.2) is 19.5 Å². The minimum absolute atomic E-state index is 0.650. The number of nitrogens with zero attached hydrogens (tertiary/aromatic N) is 1. The van der Waals surface area contributed by atoms with Gasteiger partial charge >= 0.3 is 0 Å². The highest BCUT2D eigenvalue weighted by Gasteiger charge is 2.00. The van der Waals surface area contributed by atoms with E-state index in [0.717, 1.165) is 6.54 Å². The molecule has 2 aromatic rings. The van der Waals surface area contributed by atoms with Gasteiger partial charge in [-0.15, -0.1) is 11.6 Å². The highest BCUT2D eigenvalue weighted by Crippen LogP contribution is 2.22. The first-order chi connectivity index (χ1) is 8.31. The molecular weight excluding hydrogens is 230 g/mol. The predicted molar refractivity (Wildman–Crippen MR) is 75.9 cm³/mol. The third-order valence-electron chi connectivity index (χ3n) is 2.84. The Bertz CT molecular complexity index is 450. The second kappa shape index (κ2) is 5.74. The molecule has 0 saturated carbocycles. The number of hydrogen-bond donors (Lipinski definition) is 0. The van der Waals surface area contributed by atoms with Crippen LogP contribution in [-0.2, 0) is 0 Å². The lowest BCUT2D eigenvalue weighted by Gasteiger charge is -2.18. The molecule has 0 unspecified atom stereocenters. The molecular formula is C15H16ClN. The van der Waals surface area contributed by atoms with Crippen LogP contribution in [0.5, 0.6) is 0 Å². The largest absolute Gasteiger partial charge is 0.373 e. The van der Waals surface area contributed by atoms with Gasteiger partial charge < -0.3 is 4.90 Å². The molecule has 0 heterocycles. The predicted octanol–water partition coefficient (Wildman–Crippen LogP) is 4.03. The van der Waals surface area contributed by atoms with Gasteiger partial charge in [0.2, 0.25) is 0 Å². The van der Waals surface area contributed by atoms with Gasteiger partial charge in [-0.2, -0.15) is 0 Å². The molecule has 0 saturated heterocycles. The van der Waals surface area contributed by atoms with E-state index in [1.54, 1.807) is 0 Å². The molecule has 2 heteroatoms. The van der Waals surface area contributed by atoms with Crippen LogP contribution in [0.3, 0.4) is 0 Å². The summed E-state index contributed by atoms with van der Waals surface area (Å²) in [5.41, 5.74) is 3.69. The minimum atomic E-state index is 0.650. The van der Waals surface area contributed by atoms with Crippen LogP contribution in [0.25, 0.3) is 11.1 Å². The fourth-order valence-electron chi connectivity index (χ4n) is 1.79. The van der Waals surface area contributed by atoms with Crippen LogP contribution in [0.2, 0.25) is 0 Å². The average Bonchev–Trinajstić information content (AvgIpc) is 2.40. The van der Waals surface area contributed by atoms with Crippen molar-refractivity contribution in [3.8, 4) is 11.1 Å². The van der Waals surface area contributed by atoms with E-state index in [2.05, 4.69) is 60.5 Å². The Hall–Kier alpha value is -1.47. The van der Waals surface area contributed by atoms with Gasteiger partial charge in [0.05, 0.1) is 0 Å². The van der Waals surface area contributed by atoms with Crippen molar-refractivity contribution in [1.29, 1.82) is 0 Å². The summed E-state index contributed by atoms with van der Waals surface area (Å²) in [6.45, 7) is 0.867. The highest BCUT2D eigenvalue weighted by atomic mass is 35.5. The molecule has 0 fully saturated rings. The number of benzene rings is 2. The first-order valence-corrected chi connectivity index (χ1v) is 6.27. The molecule has 0 amide bonds. The zero-order valence-electron chi connectivity index (χ0n) is 9.94. The third kappa shape index (κ3) is 3.01. The van der Waals surface area contributed by atoms with Crippen LogP contribution in [0.15, 0.2) is 54.6 Å². The van der Waals surface area contributed by atoms with Crippen LogP contribution < -0.4 is 4.90 Å². The zero-order chi connectivity index (χ0) is 12.1. The summed E-state index contributed by atoms with van der Waals surface area (Å²) in [6, 6.07) is 19.0. The van der Waals surface area contributed by atoms with Crippen molar-refractivity contribution in [1.82, 2.24) is 0 Å². The lowest BCUT2D eigenvalue weighted by atomic mass is 10.1. The van der Waals surface area contributed by atoms with Crippen LogP contribution in [0.1, 0.15) is 0 Å². The maximum Gasteiger partial charge on any atom is 0.0399 e. The smallest absolute Gasteiger partial charge is 0.0399 e. The Labute approximate surface area is 108 Å². The standard InChI is InChI=1S/C15H16ClN/c1-17(12-11-16)15-9-7-14(8-10-15)13-5-3-2-4-6-13/h2-10H,11-12H2,1H3. The van der Waals surface area contributed by atoms with Gasteiger partial charge in [-0.05, 0) is 23.3 Å². The van der Waals surface area contributed by atoms with Crippen molar-refractivity contribution in [2.45, 2.75) is 0 Å². The minimum Gasteiger partial charge on any atom is -0.373 e. The van der Waals surface area contributed by atoms with Gasteiger partial charge in [0, 0.05) is 25.2 Å². The zero-order valence-corrected chi connectivity index (χ0v) is 10.7. The summed E-state index contributed by atoms with van der Waals surface area (Å²) in [6.07, 6.45) is 0. The summed E-state index contributed by atoms with van der Waals surface area (Å²) in [4.78, 5) is 2.15. The van der Waals surface area contributed by atoms with Crippen molar-refractivity contribution in [3.05, 3.63) is 54.6 Å². The quantitative estimate of drug-likeness (QED) is 0.736. The van der Waals surface area contributed by atoms with Crippen molar-refractivity contribution in [3.63, 3.8) is 0 Å². The molecule has 0 spiro atoms. The Morgan fingerprint density at radius 2 is 1.47 bits per heavy atom. The van der Waals surface area contributed by atoms with Crippen molar-refractivity contribution < 1.29 is 0 Å². The lowest BCUT2D eigenvalue weighted by Crippen LogP contribution is -2.19. The number of halogens is 1. The first-order valence-electron chi connectivity index (χ1n) is 5.74. The van der Waals surface area contributed by atoms with E-state index >= 15 is 0 Å². The number of rotatable bonds is 4. The van der Waals surface area contributed by atoms with Gasteiger partial charge in [0.1, 0.15) is 0 Å². The summed E-state index contributed by atoms with van der Waals surface area (Å²) in [7, 11) is 2.06. The van der Waals surface area contributed by atoms with E-state index in [1.165, 1.54) is 16.8 Å². The van der Waals surface area contributed by atoms with E-state index in [4.69, 9.17) is 11.6 Å². The van der Waals surface area contributed by atoms with E-state index in [0.29, 0.717) is 5.88 Å². The Balaban J connectivity index is 2.19. The lowest BCUT2D eigenvalue weighted by molar-refractivity contribution is 0.974. The number of alkyl halides is 1. The molecule has 0 atom stereocenters. The SMILES string of the molecule is CN(CCCl)c1ccc(-c2ccccc2)cc1. The van der Waals surface area contributed by atoms with Crippen molar-refractivity contribution >= 4 is 17.3 Å². The fraction of sp³-hybridized carbons (Fsp3) is 0.200. The van der Waals surface area contributed by atoms with E-state index in [1.807, 2.05) is 6.07 Å². The molecule has 0 aliphatic heterocycles. The molecule has 0 aromatic heterocycles. The maximum atomic E-state index is 5.73. The van der Waals surface area contributed by atoms with Gasteiger partial charge in [-0.3, -0.25) is 0 Å². The molecule has 1 nitrogen and oxygen atoms in total. The average molecular weight is 246 g/mol. The van der Waals surface area contributed by atoms with Crippen LogP contribution in [0, 0.1) is 0 Å². The second-order valence-electron chi connectivity index (χ2n) is 4.02. The van der Waals surface area contributed by atoms with Gasteiger partial charge in [0.25, 0.3) is 0 Å². The second-order valence-corrected chi connectivity index (χ2v) is 4.40. The summed E-state index contributed by atoms with van der Waals surface area (Å²) < 4.78 is 0. The van der Waals surface area contributed by atoms with Gasteiger partial charge in [-0.25, -0.2) is 0 Å². The van der Waals surface area contributed by atoms with E-state index in [9.17, 15) is 0 Å². The third-order valence-corrected chi connectivity index (χ3v) is 3.00. The molecule has 0 aliphatic carbocycles. The molecule has 0 radical (unpaired) electrons. The number of hydrogen-bond acceptors (Lipinski definition) is 1. The van der Waals surface area contributed by atoms with Crippen molar-refractivity contribution in [2.24, 2.45) is 0 Å².